The normalized spacial score (nSPS) is 23.2. The number of carboxylic acids is 1. The number of fused-ring (bicyclic) bond motifs is 1. The zero-order valence-corrected chi connectivity index (χ0v) is 17.5. The molecule has 30 heavy (non-hydrogen) atoms. The topological polar surface area (TPSA) is 69.6 Å². The molecule has 0 radical (unpaired) electrons. The lowest BCUT2D eigenvalue weighted by Gasteiger charge is -2.39. The van der Waals surface area contributed by atoms with Crippen LogP contribution >= 0.6 is 0 Å². The Bertz CT molecular complexity index is 926. The van der Waals surface area contributed by atoms with Crippen molar-refractivity contribution in [2.45, 2.75) is 50.6 Å². The monoisotopic (exact) mass is 406 g/mol. The first-order valence-corrected chi connectivity index (χ1v) is 11.0. The second-order valence-corrected chi connectivity index (χ2v) is 8.61. The molecule has 2 fully saturated rings. The van der Waals surface area contributed by atoms with Crippen LogP contribution in [0.3, 0.4) is 0 Å². The van der Waals surface area contributed by atoms with Gasteiger partial charge in [-0.05, 0) is 49.6 Å². The maximum absolute atomic E-state index is 13.1. The summed E-state index contributed by atoms with van der Waals surface area (Å²) in [5.41, 5.74) is 3.03. The van der Waals surface area contributed by atoms with Crippen molar-refractivity contribution in [2.24, 2.45) is 0 Å². The molecule has 3 atom stereocenters. The number of carboxylic acid groups (broad SMARTS) is 1. The second-order valence-electron chi connectivity index (χ2n) is 8.61. The Kier molecular flexibility index (Phi) is 6.30. The molecular weight excluding hydrogens is 376 g/mol. The molecule has 0 aliphatic carbocycles. The molecule has 158 valence electrons. The third-order valence-corrected chi connectivity index (χ3v) is 6.56. The first kappa shape index (κ1) is 20.8. The molecule has 2 aliphatic rings. The second kappa shape index (κ2) is 9.11. The number of nitrogens with zero attached hydrogens (tertiary/aromatic N) is 1. The minimum Gasteiger partial charge on any atom is -0.481 e. The van der Waals surface area contributed by atoms with Gasteiger partial charge in [0.05, 0.1) is 12.1 Å². The fourth-order valence-electron chi connectivity index (χ4n) is 4.66. The van der Waals surface area contributed by atoms with Gasteiger partial charge in [0.25, 0.3) is 0 Å². The van der Waals surface area contributed by atoms with Gasteiger partial charge in [-0.2, -0.15) is 0 Å². The van der Waals surface area contributed by atoms with E-state index >= 15 is 0 Å². The Labute approximate surface area is 178 Å². The predicted molar refractivity (Wildman–Crippen MR) is 117 cm³/mol. The van der Waals surface area contributed by atoms with Gasteiger partial charge in [0.2, 0.25) is 0 Å². The Hall–Kier alpha value is -2.50. The third-order valence-electron chi connectivity index (χ3n) is 6.56. The van der Waals surface area contributed by atoms with Crippen molar-refractivity contribution in [3.63, 3.8) is 0 Å². The van der Waals surface area contributed by atoms with Crippen LogP contribution in [0.4, 0.5) is 0 Å². The van der Waals surface area contributed by atoms with Crippen LogP contribution in [0.5, 0.6) is 0 Å². The van der Waals surface area contributed by atoms with Crippen molar-refractivity contribution in [1.82, 2.24) is 10.2 Å². The van der Waals surface area contributed by atoms with Crippen LogP contribution < -0.4 is 5.32 Å². The quantitative estimate of drug-likeness (QED) is 0.735. The van der Waals surface area contributed by atoms with Crippen molar-refractivity contribution in [3.05, 3.63) is 70.8 Å². The van der Waals surface area contributed by atoms with E-state index < -0.39 is 11.9 Å². The summed E-state index contributed by atoms with van der Waals surface area (Å²) < 4.78 is 0. The van der Waals surface area contributed by atoms with E-state index in [0.29, 0.717) is 28.8 Å². The van der Waals surface area contributed by atoms with Gasteiger partial charge in [-0.1, -0.05) is 49.2 Å². The lowest BCUT2D eigenvalue weighted by molar-refractivity contribution is -0.138. The highest BCUT2D eigenvalue weighted by molar-refractivity contribution is 6.09. The standard InChI is InChI=1S/C25H30N2O3/c1-17(25(29)30)18-7-5-9-20(13-18)24(28)21-10-6-8-19(14-21)22-15-26-23-11-3-2-4-12-27(23)16-22/h5-10,13-14,17,22-23,26H,2-4,11-12,15-16H2,1H3,(H,29,30). The van der Waals surface area contributed by atoms with Crippen LogP contribution in [0.2, 0.25) is 0 Å². The first-order valence-electron chi connectivity index (χ1n) is 11.0. The number of ketones is 1. The van der Waals surface area contributed by atoms with E-state index in [1.54, 1.807) is 31.2 Å². The van der Waals surface area contributed by atoms with E-state index in [1.165, 1.54) is 31.2 Å². The molecule has 5 heteroatoms. The molecule has 3 unspecified atom stereocenters. The van der Waals surface area contributed by atoms with Crippen molar-refractivity contribution in [3.8, 4) is 0 Å². The first-order chi connectivity index (χ1) is 14.5. The lowest BCUT2D eigenvalue weighted by atomic mass is 9.91. The summed E-state index contributed by atoms with van der Waals surface area (Å²) >= 11 is 0. The fraction of sp³-hybridized carbons (Fsp3) is 0.440. The highest BCUT2D eigenvalue weighted by atomic mass is 16.4. The predicted octanol–water partition coefficient (Wildman–Crippen LogP) is 3.99. The molecule has 2 heterocycles. The van der Waals surface area contributed by atoms with Gasteiger partial charge in [-0.3, -0.25) is 14.5 Å². The molecule has 2 aromatic rings. The summed E-state index contributed by atoms with van der Waals surface area (Å²) in [6.07, 6.45) is 5.57. The molecule has 0 amide bonds. The lowest BCUT2D eigenvalue weighted by Crippen LogP contribution is -2.53. The smallest absolute Gasteiger partial charge is 0.310 e. The number of benzene rings is 2. The van der Waals surface area contributed by atoms with Crippen molar-refractivity contribution >= 4 is 11.8 Å². The third kappa shape index (κ3) is 4.47. The SMILES string of the molecule is CC(C(=O)O)c1cccc(C(=O)c2cccc(C3CNC4CCCCCN4C3)c2)c1. The molecule has 0 saturated carbocycles. The van der Waals surface area contributed by atoms with Crippen LogP contribution in [0.25, 0.3) is 0 Å². The van der Waals surface area contributed by atoms with Crippen LogP contribution in [0, 0.1) is 0 Å². The minimum absolute atomic E-state index is 0.0623. The van der Waals surface area contributed by atoms with E-state index in [1.807, 2.05) is 18.2 Å². The van der Waals surface area contributed by atoms with Gasteiger partial charge < -0.3 is 10.4 Å². The minimum atomic E-state index is -0.891. The molecule has 4 rings (SSSR count). The van der Waals surface area contributed by atoms with Gasteiger partial charge in [-0.15, -0.1) is 0 Å². The van der Waals surface area contributed by atoms with Crippen molar-refractivity contribution in [2.75, 3.05) is 19.6 Å². The average Bonchev–Trinajstić information content (AvgIpc) is 3.03. The summed E-state index contributed by atoms with van der Waals surface area (Å²) in [5, 5.41) is 13.0. The maximum atomic E-state index is 13.1. The number of hydrogen-bond acceptors (Lipinski definition) is 4. The number of carbonyl (C=O) groups excluding carboxylic acids is 1. The van der Waals surface area contributed by atoms with Crippen LogP contribution in [-0.2, 0) is 4.79 Å². The molecular formula is C25H30N2O3. The van der Waals surface area contributed by atoms with Crippen molar-refractivity contribution in [1.29, 1.82) is 0 Å². The molecule has 2 saturated heterocycles. The summed E-state index contributed by atoms with van der Waals surface area (Å²) in [7, 11) is 0. The Morgan fingerprint density at radius 1 is 1.07 bits per heavy atom. The number of rotatable bonds is 5. The van der Waals surface area contributed by atoms with Crippen LogP contribution in [0.15, 0.2) is 48.5 Å². The van der Waals surface area contributed by atoms with Gasteiger partial charge in [0.15, 0.2) is 5.78 Å². The molecule has 2 aromatic carbocycles. The highest BCUT2D eigenvalue weighted by Crippen LogP contribution is 2.27. The van der Waals surface area contributed by atoms with Crippen molar-refractivity contribution < 1.29 is 14.7 Å². The van der Waals surface area contributed by atoms with Crippen LogP contribution in [-0.4, -0.2) is 47.6 Å². The summed E-state index contributed by atoms with van der Waals surface area (Å²) in [4.78, 5) is 27.0. The van der Waals surface area contributed by atoms with E-state index in [9.17, 15) is 14.7 Å². The number of hydrogen-bond donors (Lipinski definition) is 2. The summed E-state index contributed by atoms with van der Waals surface area (Å²) in [5.74, 6) is -1.23. The summed E-state index contributed by atoms with van der Waals surface area (Å²) in [6, 6.07) is 14.9. The van der Waals surface area contributed by atoms with E-state index in [-0.39, 0.29) is 5.78 Å². The van der Waals surface area contributed by atoms with E-state index in [2.05, 4.69) is 16.3 Å². The Morgan fingerprint density at radius 3 is 2.63 bits per heavy atom. The van der Waals surface area contributed by atoms with Gasteiger partial charge in [0.1, 0.15) is 0 Å². The Balaban J connectivity index is 1.53. The zero-order chi connectivity index (χ0) is 21.1. The average molecular weight is 407 g/mol. The molecule has 5 nitrogen and oxygen atoms in total. The van der Waals surface area contributed by atoms with Crippen LogP contribution in [0.1, 0.15) is 71.5 Å². The molecule has 0 bridgehead atoms. The number of aliphatic carboxylic acids is 1. The molecule has 0 spiro atoms. The van der Waals surface area contributed by atoms with Gasteiger partial charge in [-0.25, -0.2) is 0 Å². The molecule has 2 aliphatic heterocycles. The number of carbonyl (C=O) groups is 2. The molecule has 0 aromatic heterocycles. The zero-order valence-electron chi connectivity index (χ0n) is 17.5. The fourth-order valence-corrected chi connectivity index (χ4v) is 4.66. The maximum Gasteiger partial charge on any atom is 0.310 e. The number of nitrogens with one attached hydrogen (secondary N) is 1. The van der Waals surface area contributed by atoms with Gasteiger partial charge >= 0.3 is 5.97 Å². The highest BCUT2D eigenvalue weighted by Gasteiger charge is 2.29. The summed E-state index contributed by atoms with van der Waals surface area (Å²) in [6.45, 7) is 4.74. The van der Waals surface area contributed by atoms with Gasteiger partial charge in [0, 0.05) is 30.1 Å². The largest absolute Gasteiger partial charge is 0.481 e. The molecule has 2 N–H and O–H groups in total. The Morgan fingerprint density at radius 2 is 1.83 bits per heavy atom. The van der Waals surface area contributed by atoms with E-state index in [0.717, 1.165) is 19.6 Å². The van der Waals surface area contributed by atoms with E-state index in [4.69, 9.17) is 0 Å².